The Morgan fingerprint density at radius 3 is 2.08 bits per heavy atom. The van der Waals surface area contributed by atoms with Crippen LogP contribution in [-0.2, 0) is 0 Å². The van der Waals surface area contributed by atoms with E-state index in [2.05, 4.69) is 114 Å². The summed E-state index contributed by atoms with van der Waals surface area (Å²) in [5.41, 5.74) is 6.00. The number of benzene rings is 5. The van der Waals surface area contributed by atoms with Gasteiger partial charge in [0.25, 0.3) is 0 Å². The zero-order chi connectivity index (χ0) is 25.5. The molecule has 0 spiro atoms. The molecule has 2 heterocycles. The Morgan fingerprint density at radius 1 is 0.684 bits per heavy atom. The van der Waals surface area contributed by atoms with Gasteiger partial charge < -0.3 is 0 Å². The van der Waals surface area contributed by atoms with E-state index in [4.69, 9.17) is 4.99 Å². The van der Waals surface area contributed by atoms with Gasteiger partial charge in [0.1, 0.15) is 11.8 Å². The third kappa shape index (κ3) is 3.67. The number of aliphatic imine (C=N–C) groups is 1. The topological polar surface area (TPSA) is 49.0 Å². The van der Waals surface area contributed by atoms with Gasteiger partial charge >= 0.3 is 0 Å². The monoisotopic (exact) mass is 485 g/mol. The van der Waals surface area contributed by atoms with E-state index in [-0.39, 0.29) is 6.04 Å². The summed E-state index contributed by atoms with van der Waals surface area (Å²) in [6.07, 6.45) is 6.85. The fourth-order valence-corrected chi connectivity index (χ4v) is 5.70. The van der Waals surface area contributed by atoms with Crippen molar-refractivity contribution in [2.45, 2.75) is 12.5 Å². The number of rotatable bonds is 3. The molecule has 0 amide bonds. The van der Waals surface area contributed by atoms with Crippen LogP contribution in [0.1, 0.15) is 29.3 Å². The van der Waals surface area contributed by atoms with Crippen LogP contribution in [0.2, 0.25) is 0 Å². The van der Waals surface area contributed by atoms with Crippen molar-refractivity contribution in [3.8, 4) is 17.2 Å². The Bertz CT molecular complexity index is 1960. The van der Waals surface area contributed by atoms with Crippen LogP contribution in [0.5, 0.6) is 0 Å². The maximum atomic E-state index is 9.37. The molecule has 1 aliphatic rings. The largest absolute Gasteiger partial charge is 0.276 e. The molecule has 38 heavy (non-hydrogen) atoms. The summed E-state index contributed by atoms with van der Waals surface area (Å²) in [6.45, 7) is 0. The van der Waals surface area contributed by atoms with E-state index in [1.165, 1.54) is 43.4 Å². The number of fused-ring (bicyclic) bond motifs is 3. The molecule has 178 valence electrons. The van der Waals surface area contributed by atoms with Crippen molar-refractivity contribution >= 4 is 38.0 Å². The molecule has 1 aliphatic heterocycles. The molecule has 3 heteroatoms. The molecule has 1 unspecified atom stereocenters. The van der Waals surface area contributed by atoms with E-state index in [1.54, 1.807) is 6.20 Å². The van der Waals surface area contributed by atoms with Crippen LogP contribution in [0.25, 0.3) is 43.4 Å². The molecular weight excluding hydrogens is 462 g/mol. The lowest BCUT2D eigenvalue weighted by molar-refractivity contribution is 0.735. The maximum Gasteiger partial charge on any atom is 0.140 e. The molecule has 0 bridgehead atoms. The zero-order valence-electron chi connectivity index (χ0n) is 20.7. The van der Waals surface area contributed by atoms with E-state index in [1.807, 2.05) is 12.1 Å². The van der Waals surface area contributed by atoms with Gasteiger partial charge in [0.2, 0.25) is 0 Å². The first-order chi connectivity index (χ1) is 18.8. The number of pyridine rings is 1. The molecule has 1 aromatic heterocycles. The molecule has 0 fully saturated rings. The second kappa shape index (κ2) is 9.10. The van der Waals surface area contributed by atoms with Gasteiger partial charge in [-0.25, -0.2) is 4.98 Å². The van der Waals surface area contributed by atoms with E-state index in [0.717, 1.165) is 23.3 Å². The standard InChI is InChI=1S/C35H23N3/c36-22-27-19-26(17-18-37-27)32-15-8-16-33(38-32)35-29-14-7-6-13-28(29)34(23-9-2-1-3-10-23)30-20-24-11-4-5-12-25(24)21-31(30)35/h1-14,16-21,32H,15H2. The van der Waals surface area contributed by atoms with Gasteiger partial charge in [-0.15, -0.1) is 0 Å². The zero-order valence-corrected chi connectivity index (χ0v) is 20.7. The summed E-state index contributed by atoms with van der Waals surface area (Å²) >= 11 is 0. The number of hydrogen-bond acceptors (Lipinski definition) is 3. The summed E-state index contributed by atoms with van der Waals surface area (Å²) in [5, 5.41) is 16.6. The van der Waals surface area contributed by atoms with Gasteiger partial charge in [-0.2, -0.15) is 5.26 Å². The summed E-state index contributed by atoms with van der Waals surface area (Å²) < 4.78 is 0. The summed E-state index contributed by atoms with van der Waals surface area (Å²) in [6, 6.07) is 38.5. The smallest absolute Gasteiger partial charge is 0.140 e. The van der Waals surface area contributed by atoms with E-state index in [0.29, 0.717) is 5.69 Å². The fraction of sp³-hybridized carbons (Fsp3) is 0.0571. The molecule has 7 rings (SSSR count). The van der Waals surface area contributed by atoms with Gasteiger partial charge in [0.15, 0.2) is 0 Å². The summed E-state index contributed by atoms with van der Waals surface area (Å²) in [7, 11) is 0. The minimum absolute atomic E-state index is 0.0619. The second-order valence-corrected chi connectivity index (χ2v) is 9.66. The normalized spacial score (nSPS) is 15.0. The molecule has 6 aromatic rings. The number of dihydropyridines is 1. The third-order valence-corrected chi connectivity index (χ3v) is 7.42. The van der Waals surface area contributed by atoms with Gasteiger partial charge in [0, 0.05) is 11.8 Å². The van der Waals surface area contributed by atoms with Crippen LogP contribution in [0.15, 0.2) is 126 Å². The molecular formula is C35H23N3. The van der Waals surface area contributed by atoms with Gasteiger partial charge in [-0.05, 0) is 85.8 Å². The average molecular weight is 486 g/mol. The lowest BCUT2D eigenvalue weighted by Crippen LogP contribution is -2.09. The predicted octanol–water partition coefficient (Wildman–Crippen LogP) is 8.57. The highest BCUT2D eigenvalue weighted by Gasteiger charge is 2.21. The highest BCUT2D eigenvalue weighted by atomic mass is 14.8. The lowest BCUT2D eigenvalue weighted by Gasteiger charge is -2.22. The number of hydrogen-bond donors (Lipinski definition) is 0. The molecule has 0 N–H and O–H groups in total. The Labute approximate surface area is 221 Å². The van der Waals surface area contributed by atoms with Gasteiger partial charge in [0.05, 0.1) is 11.8 Å². The Kier molecular flexibility index (Phi) is 5.31. The molecule has 5 aromatic carbocycles. The SMILES string of the molecule is N#Cc1cc(C2CC=CC(c3c4ccccc4c(-c4ccccc4)c4cc5ccccc5cc34)=N2)ccn1. The molecule has 3 nitrogen and oxygen atoms in total. The predicted molar refractivity (Wildman–Crippen MR) is 156 cm³/mol. The molecule has 1 atom stereocenters. The van der Waals surface area contributed by atoms with Crippen molar-refractivity contribution in [2.75, 3.05) is 0 Å². The van der Waals surface area contributed by atoms with Crippen molar-refractivity contribution in [2.24, 2.45) is 4.99 Å². The van der Waals surface area contributed by atoms with Gasteiger partial charge in [-0.3, -0.25) is 4.99 Å². The number of nitrogens with zero attached hydrogens (tertiary/aromatic N) is 3. The van der Waals surface area contributed by atoms with Crippen LogP contribution in [-0.4, -0.2) is 10.7 Å². The van der Waals surface area contributed by atoms with Crippen LogP contribution in [0, 0.1) is 11.3 Å². The van der Waals surface area contributed by atoms with Crippen molar-refractivity contribution in [3.63, 3.8) is 0 Å². The van der Waals surface area contributed by atoms with Gasteiger partial charge in [-0.1, -0.05) is 84.9 Å². The highest BCUT2D eigenvalue weighted by molar-refractivity contribution is 6.29. The first-order valence-electron chi connectivity index (χ1n) is 12.8. The minimum atomic E-state index is -0.0619. The first-order valence-corrected chi connectivity index (χ1v) is 12.8. The number of allylic oxidation sites excluding steroid dienone is 1. The Morgan fingerprint density at radius 2 is 1.34 bits per heavy atom. The third-order valence-electron chi connectivity index (χ3n) is 7.42. The van der Waals surface area contributed by atoms with Crippen molar-refractivity contribution in [1.29, 1.82) is 5.26 Å². The van der Waals surface area contributed by atoms with Crippen molar-refractivity contribution < 1.29 is 0 Å². The summed E-state index contributed by atoms with van der Waals surface area (Å²) in [5.74, 6) is 0. The van der Waals surface area contributed by atoms with Crippen molar-refractivity contribution in [3.05, 3.63) is 138 Å². The quantitative estimate of drug-likeness (QED) is 0.236. The van der Waals surface area contributed by atoms with Crippen LogP contribution < -0.4 is 0 Å². The molecule has 0 aliphatic carbocycles. The average Bonchev–Trinajstić information content (AvgIpc) is 2.99. The second-order valence-electron chi connectivity index (χ2n) is 9.66. The van der Waals surface area contributed by atoms with Crippen molar-refractivity contribution in [1.82, 2.24) is 4.98 Å². The van der Waals surface area contributed by atoms with Crippen LogP contribution in [0.3, 0.4) is 0 Å². The van der Waals surface area contributed by atoms with Crippen LogP contribution in [0.4, 0.5) is 0 Å². The lowest BCUT2D eigenvalue weighted by atomic mass is 9.85. The van der Waals surface area contributed by atoms with E-state index < -0.39 is 0 Å². The Hall–Kier alpha value is -5.07. The highest BCUT2D eigenvalue weighted by Crippen LogP contribution is 2.42. The molecule has 0 saturated carbocycles. The summed E-state index contributed by atoms with van der Waals surface area (Å²) in [4.78, 5) is 9.42. The first kappa shape index (κ1) is 22.2. The van der Waals surface area contributed by atoms with E-state index >= 15 is 0 Å². The van der Waals surface area contributed by atoms with Crippen LogP contribution >= 0.6 is 0 Å². The number of nitriles is 1. The number of aromatic nitrogens is 1. The minimum Gasteiger partial charge on any atom is -0.276 e. The Balaban J connectivity index is 1.57. The molecule has 0 radical (unpaired) electrons. The fourth-order valence-electron chi connectivity index (χ4n) is 5.70. The maximum absolute atomic E-state index is 9.37. The molecule has 0 saturated heterocycles. The van der Waals surface area contributed by atoms with E-state index in [9.17, 15) is 5.26 Å².